The summed E-state index contributed by atoms with van der Waals surface area (Å²) < 4.78 is 11.4. The van der Waals surface area contributed by atoms with E-state index in [2.05, 4.69) is 6.07 Å². The third-order valence-electron chi connectivity index (χ3n) is 3.54. The number of hydrogen-bond donors (Lipinski definition) is 3. The zero-order valence-corrected chi connectivity index (χ0v) is 11.8. The summed E-state index contributed by atoms with van der Waals surface area (Å²) in [5, 5.41) is 36.1. The lowest BCUT2D eigenvalue weighted by molar-refractivity contribution is -0.145. The molecular formula is C14H25NO5. The van der Waals surface area contributed by atoms with Crippen LogP contribution in [0.25, 0.3) is 0 Å². The van der Waals surface area contributed by atoms with E-state index in [-0.39, 0.29) is 25.4 Å². The standard InChI is InChI=1S/C14H25NO5/c15-7-1-3-11-5-6-12(10-19-11)20-14(4-2-8-16)13(18)9-17/h11-14,16-18H,1-6,8-10H2/t11-,12?,13+,14+/m0/s1. The molecule has 0 amide bonds. The van der Waals surface area contributed by atoms with Crippen molar-refractivity contribution in [3.05, 3.63) is 0 Å². The molecule has 0 bridgehead atoms. The summed E-state index contributed by atoms with van der Waals surface area (Å²) >= 11 is 0. The molecule has 1 heterocycles. The maximum absolute atomic E-state index is 9.71. The van der Waals surface area contributed by atoms with Gasteiger partial charge in [-0.3, -0.25) is 0 Å². The maximum Gasteiger partial charge on any atom is 0.103 e. The smallest absolute Gasteiger partial charge is 0.103 e. The van der Waals surface area contributed by atoms with E-state index in [1.807, 2.05) is 0 Å². The molecule has 1 unspecified atom stereocenters. The van der Waals surface area contributed by atoms with Crippen molar-refractivity contribution in [1.29, 1.82) is 5.26 Å². The molecule has 1 fully saturated rings. The first-order valence-corrected chi connectivity index (χ1v) is 7.25. The van der Waals surface area contributed by atoms with E-state index >= 15 is 0 Å². The minimum absolute atomic E-state index is 0.0371. The van der Waals surface area contributed by atoms with Gasteiger partial charge in [0.2, 0.25) is 0 Å². The number of aliphatic hydroxyl groups excluding tert-OH is 3. The Kier molecular flexibility index (Phi) is 8.74. The Balaban J connectivity index is 2.33. The minimum Gasteiger partial charge on any atom is -0.396 e. The summed E-state index contributed by atoms with van der Waals surface area (Å²) in [5.41, 5.74) is 0. The lowest BCUT2D eigenvalue weighted by Gasteiger charge is -2.32. The molecule has 6 nitrogen and oxygen atoms in total. The molecule has 0 aromatic carbocycles. The number of rotatable bonds is 9. The predicted octanol–water partition coefficient (Wildman–Crippen LogP) is 0.349. The Morgan fingerprint density at radius 3 is 2.70 bits per heavy atom. The van der Waals surface area contributed by atoms with E-state index in [1.54, 1.807) is 0 Å². The van der Waals surface area contributed by atoms with E-state index < -0.39 is 12.2 Å². The van der Waals surface area contributed by atoms with Crippen LogP contribution in [0.3, 0.4) is 0 Å². The van der Waals surface area contributed by atoms with Gasteiger partial charge >= 0.3 is 0 Å². The summed E-state index contributed by atoms with van der Waals surface area (Å²) in [6.07, 6.45) is 2.56. The summed E-state index contributed by atoms with van der Waals surface area (Å²) in [5.74, 6) is 0. The molecule has 1 aliphatic rings. The second-order valence-electron chi connectivity index (χ2n) is 5.14. The van der Waals surface area contributed by atoms with Crippen LogP contribution in [0.5, 0.6) is 0 Å². The Bertz CT molecular complexity index is 286. The van der Waals surface area contributed by atoms with Crippen molar-refractivity contribution in [3.8, 4) is 6.07 Å². The second-order valence-corrected chi connectivity index (χ2v) is 5.14. The van der Waals surface area contributed by atoms with Crippen LogP contribution in [0.2, 0.25) is 0 Å². The van der Waals surface area contributed by atoms with Crippen LogP contribution in [0.4, 0.5) is 0 Å². The topological polar surface area (TPSA) is 103 Å². The first-order chi connectivity index (χ1) is 9.71. The van der Waals surface area contributed by atoms with Gasteiger partial charge in [-0.1, -0.05) is 0 Å². The number of aliphatic hydroxyl groups is 3. The normalized spacial score (nSPS) is 25.9. The van der Waals surface area contributed by atoms with Gasteiger partial charge in [0.1, 0.15) is 6.10 Å². The quantitative estimate of drug-likeness (QED) is 0.565. The maximum atomic E-state index is 9.71. The molecule has 6 heteroatoms. The number of ether oxygens (including phenoxy) is 2. The molecule has 0 radical (unpaired) electrons. The van der Waals surface area contributed by atoms with E-state index in [1.165, 1.54) is 0 Å². The van der Waals surface area contributed by atoms with Crippen molar-refractivity contribution in [1.82, 2.24) is 0 Å². The monoisotopic (exact) mass is 287 g/mol. The van der Waals surface area contributed by atoms with Crippen LogP contribution in [0.1, 0.15) is 38.5 Å². The average Bonchev–Trinajstić information content (AvgIpc) is 2.49. The number of hydrogen-bond acceptors (Lipinski definition) is 6. The molecule has 0 saturated carbocycles. The molecule has 116 valence electrons. The largest absolute Gasteiger partial charge is 0.396 e. The Morgan fingerprint density at radius 1 is 1.35 bits per heavy atom. The molecule has 0 aromatic heterocycles. The van der Waals surface area contributed by atoms with Crippen LogP contribution in [-0.2, 0) is 9.47 Å². The van der Waals surface area contributed by atoms with Crippen LogP contribution in [-0.4, -0.2) is 59.6 Å². The summed E-state index contributed by atoms with van der Waals surface area (Å²) in [7, 11) is 0. The zero-order valence-electron chi connectivity index (χ0n) is 11.8. The molecule has 4 atom stereocenters. The zero-order chi connectivity index (χ0) is 14.8. The van der Waals surface area contributed by atoms with Gasteiger partial charge in [-0.25, -0.2) is 0 Å². The minimum atomic E-state index is -0.933. The van der Waals surface area contributed by atoms with Crippen LogP contribution < -0.4 is 0 Å². The van der Waals surface area contributed by atoms with Gasteiger partial charge in [-0.15, -0.1) is 0 Å². The summed E-state index contributed by atoms with van der Waals surface area (Å²) in [4.78, 5) is 0. The molecule has 3 N–H and O–H groups in total. The van der Waals surface area contributed by atoms with Crippen LogP contribution in [0, 0.1) is 11.3 Å². The summed E-state index contributed by atoms with van der Waals surface area (Å²) in [6, 6.07) is 2.11. The molecule has 20 heavy (non-hydrogen) atoms. The lowest BCUT2D eigenvalue weighted by Crippen LogP contribution is -2.40. The van der Waals surface area contributed by atoms with E-state index in [0.717, 1.165) is 19.3 Å². The van der Waals surface area contributed by atoms with Crippen molar-refractivity contribution in [3.63, 3.8) is 0 Å². The molecule has 0 aromatic rings. The highest BCUT2D eigenvalue weighted by Gasteiger charge is 2.27. The number of nitriles is 1. The SMILES string of the molecule is N#CCC[C@H]1CCC(O[C@H](CCCO)[C@H](O)CO)CO1. The Morgan fingerprint density at radius 2 is 2.15 bits per heavy atom. The Labute approximate surface area is 119 Å². The molecule has 1 aliphatic heterocycles. The highest BCUT2D eigenvalue weighted by molar-refractivity contribution is 4.78. The third-order valence-corrected chi connectivity index (χ3v) is 3.54. The fraction of sp³-hybridized carbons (Fsp3) is 0.929. The molecule has 1 rings (SSSR count). The van der Waals surface area contributed by atoms with Gasteiger partial charge in [-0.05, 0) is 32.1 Å². The van der Waals surface area contributed by atoms with Crippen molar-refractivity contribution < 1.29 is 24.8 Å². The molecule has 1 saturated heterocycles. The van der Waals surface area contributed by atoms with E-state index in [4.69, 9.17) is 24.9 Å². The average molecular weight is 287 g/mol. The van der Waals surface area contributed by atoms with Crippen molar-refractivity contribution in [2.45, 2.75) is 62.9 Å². The predicted molar refractivity (Wildman–Crippen MR) is 71.9 cm³/mol. The highest BCUT2D eigenvalue weighted by atomic mass is 16.6. The lowest BCUT2D eigenvalue weighted by atomic mass is 10.0. The van der Waals surface area contributed by atoms with Gasteiger partial charge in [-0.2, -0.15) is 5.26 Å². The van der Waals surface area contributed by atoms with Gasteiger partial charge in [0.25, 0.3) is 0 Å². The first kappa shape index (κ1) is 17.3. The van der Waals surface area contributed by atoms with Crippen molar-refractivity contribution in [2.24, 2.45) is 0 Å². The highest BCUT2D eigenvalue weighted by Crippen LogP contribution is 2.22. The van der Waals surface area contributed by atoms with Crippen LogP contribution >= 0.6 is 0 Å². The fourth-order valence-corrected chi connectivity index (χ4v) is 2.35. The van der Waals surface area contributed by atoms with Gasteiger partial charge < -0.3 is 24.8 Å². The first-order valence-electron chi connectivity index (χ1n) is 7.25. The third kappa shape index (κ3) is 6.16. The fourth-order valence-electron chi connectivity index (χ4n) is 2.35. The van der Waals surface area contributed by atoms with E-state index in [9.17, 15) is 5.11 Å². The Hall–Kier alpha value is -0.710. The molecule has 0 aliphatic carbocycles. The van der Waals surface area contributed by atoms with Crippen LogP contribution in [0.15, 0.2) is 0 Å². The van der Waals surface area contributed by atoms with E-state index in [0.29, 0.717) is 25.9 Å². The van der Waals surface area contributed by atoms with Crippen molar-refractivity contribution >= 4 is 0 Å². The number of nitrogens with zero attached hydrogens (tertiary/aromatic N) is 1. The molecule has 0 spiro atoms. The van der Waals surface area contributed by atoms with Gasteiger partial charge in [0.05, 0.1) is 37.6 Å². The van der Waals surface area contributed by atoms with Gasteiger partial charge in [0.15, 0.2) is 0 Å². The van der Waals surface area contributed by atoms with Gasteiger partial charge in [0, 0.05) is 13.0 Å². The summed E-state index contributed by atoms with van der Waals surface area (Å²) in [6.45, 7) is 0.133. The second kappa shape index (κ2) is 10.1. The molecular weight excluding hydrogens is 262 g/mol. The van der Waals surface area contributed by atoms with Crippen molar-refractivity contribution in [2.75, 3.05) is 19.8 Å².